The Hall–Kier alpha value is -2.17. The highest BCUT2D eigenvalue weighted by atomic mass is 16.6. The van der Waals surface area contributed by atoms with Gasteiger partial charge in [0.2, 0.25) is 0 Å². The number of carbonyl (C=O) groups excluding carboxylic acids is 1. The number of allylic oxidation sites excluding steroid dienone is 1. The van der Waals surface area contributed by atoms with Crippen LogP contribution in [0.5, 0.6) is 0 Å². The molecule has 5 nitrogen and oxygen atoms in total. The Labute approximate surface area is 110 Å². The zero-order valence-electron chi connectivity index (χ0n) is 10.4. The molecular formula is C14H14N2O3. The van der Waals surface area contributed by atoms with Gasteiger partial charge in [0.05, 0.1) is 4.92 Å². The fourth-order valence-corrected chi connectivity index (χ4v) is 2.83. The highest BCUT2D eigenvalue weighted by Gasteiger charge is 2.31. The number of carbonyl (C=O) groups is 1. The minimum absolute atomic E-state index is 0.0229. The lowest BCUT2D eigenvalue weighted by Crippen LogP contribution is -2.32. The van der Waals surface area contributed by atoms with Crippen LogP contribution in [-0.2, 0) is 4.79 Å². The Morgan fingerprint density at radius 2 is 2.21 bits per heavy atom. The summed E-state index contributed by atoms with van der Waals surface area (Å²) in [4.78, 5) is 24.7. The molecule has 5 heteroatoms. The second kappa shape index (κ2) is 4.50. The highest BCUT2D eigenvalue weighted by molar-refractivity contribution is 6.21. The van der Waals surface area contributed by atoms with E-state index >= 15 is 0 Å². The third-order valence-corrected chi connectivity index (χ3v) is 3.81. The first kappa shape index (κ1) is 11.9. The van der Waals surface area contributed by atoms with E-state index in [9.17, 15) is 14.9 Å². The Balaban J connectivity index is 1.98. The summed E-state index contributed by atoms with van der Waals surface area (Å²) < 4.78 is 0. The molecule has 0 radical (unpaired) electrons. The number of non-ortho nitro benzene ring substituents is 1. The van der Waals surface area contributed by atoms with Crippen molar-refractivity contribution in [2.24, 2.45) is 0 Å². The molecule has 1 aromatic rings. The van der Waals surface area contributed by atoms with Crippen molar-refractivity contribution in [2.75, 3.05) is 6.54 Å². The predicted octanol–water partition coefficient (Wildman–Crippen LogP) is 2.37. The van der Waals surface area contributed by atoms with Crippen LogP contribution in [0.3, 0.4) is 0 Å². The summed E-state index contributed by atoms with van der Waals surface area (Å²) in [6.45, 7) is 0.969. The summed E-state index contributed by atoms with van der Waals surface area (Å²) in [7, 11) is 0. The van der Waals surface area contributed by atoms with Gasteiger partial charge < -0.3 is 4.90 Å². The number of hydrogen-bond acceptors (Lipinski definition) is 4. The monoisotopic (exact) mass is 258 g/mol. The maximum Gasteiger partial charge on any atom is 0.270 e. The van der Waals surface area contributed by atoms with Crippen LogP contribution in [0.2, 0.25) is 0 Å². The largest absolute Gasteiger partial charge is 0.373 e. The van der Waals surface area contributed by atoms with Crippen LogP contribution >= 0.6 is 0 Å². The second-order valence-corrected chi connectivity index (χ2v) is 5.01. The van der Waals surface area contributed by atoms with Crippen LogP contribution in [0, 0.1) is 10.1 Å². The molecule has 0 bridgehead atoms. The fraction of sp³-hybridized carbons (Fsp3) is 0.357. The van der Waals surface area contributed by atoms with Crippen molar-refractivity contribution in [2.45, 2.75) is 25.3 Å². The molecule has 19 heavy (non-hydrogen) atoms. The van der Waals surface area contributed by atoms with Gasteiger partial charge in [0.15, 0.2) is 5.78 Å². The lowest BCUT2D eigenvalue weighted by Gasteiger charge is -2.28. The molecule has 2 aliphatic heterocycles. The molecule has 2 heterocycles. The van der Waals surface area contributed by atoms with Crippen molar-refractivity contribution in [3.63, 3.8) is 0 Å². The Bertz CT molecular complexity index is 580. The number of nitro benzene ring substituents is 1. The summed E-state index contributed by atoms with van der Waals surface area (Å²) in [5.74, 6) is 0.0867. The molecule has 1 fully saturated rings. The SMILES string of the molecule is O=C1CC2CCCN2C=C1c1cccc([N+](=O)[O-])c1. The molecule has 98 valence electrons. The first-order chi connectivity index (χ1) is 9.15. The molecule has 0 saturated carbocycles. The summed E-state index contributed by atoms with van der Waals surface area (Å²) in [5, 5.41) is 10.8. The number of ketones is 1. The van der Waals surface area contributed by atoms with Crippen molar-refractivity contribution in [3.05, 3.63) is 46.1 Å². The van der Waals surface area contributed by atoms with Crippen molar-refractivity contribution in [1.29, 1.82) is 0 Å². The van der Waals surface area contributed by atoms with Gasteiger partial charge in [0, 0.05) is 42.9 Å². The summed E-state index contributed by atoms with van der Waals surface area (Å²) in [5.41, 5.74) is 1.26. The topological polar surface area (TPSA) is 63.5 Å². The molecule has 1 saturated heterocycles. The third kappa shape index (κ3) is 2.12. The van der Waals surface area contributed by atoms with Crippen LogP contribution in [-0.4, -0.2) is 28.2 Å². The second-order valence-electron chi connectivity index (χ2n) is 5.01. The van der Waals surface area contributed by atoms with Gasteiger partial charge in [-0.15, -0.1) is 0 Å². The number of Topliss-reactive ketones (excluding diaryl/α,β-unsaturated/α-hetero) is 1. The van der Waals surface area contributed by atoms with Gasteiger partial charge in [-0.3, -0.25) is 14.9 Å². The van der Waals surface area contributed by atoms with E-state index in [1.807, 2.05) is 6.20 Å². The minimum Gasteiger partial charge on any atom is -0.373 e. The van der Waals surface area contributed by atoms with E-state index in [1.165, 1.54) is 12.1 Å². The summed E-state index contributed by atoms with van der Waals surface area (Å²) in [6.07, 6.45) is 4.57. The number of rotatable bonds is 2. The molecule has 2 aliphatic rings. The van der Waals surface area contributed by atoms with Gasteiger partial charge in [0.25, 0.3) is 5.69 Å². The number of nitrogens with zero attached hydrogens (tertiary/aromatic N) is 2. The summed E-state index contributed by atoms with van der Waals surface area (Å²) in [6, 6.07) is 6.62. The number of nitro groups is 1. The van der Waals surface area contributed by atoms with Gasteiger partial charge in [-0.25, -0.2) is 0 Å². The van der Waals surface area contributed by atoms with E-state index in [0.29, 0.717) is 23.6 Å². The van der Waals surface area contributed by atoms with E-state index in [1.54, 1.807) is 12.1 Å². The lowest BCUT2D eigenvalue weighted by atomic mass is 9.94. The molecule has 0 amide bonds. The third-order valence-electron chi connectivity index (χ3n) is 3.81. The van der Waals surface area contributed by atoms with E-state index in [-0.39, 0.29) is 11.5 Å². The average Bonchev–Trinajstić information content (AvgIpc) is 2.85. The molecule has 0 aromatic heterocycles. The number of fused-ring (bicyclic) bond motifs is 1. The van der Waals surface area contributed by atoms with E-state index in [2.05, 4.69) is 4.90 Å². The summed E-state index contributed by atoms with van der Waals surface area (Å²) >= 11 is 0. The van der Waals surface area contributed by atoms with Crippen molar-refractivity contribution in [1.82, 2.24) is 4.90 Å². The molecule has 1 atom stereocenters. The maximum atomic E-state index is 12.2. The smallest absolute Gasteiger partial charge is 0.270 e. The minimum atomic E-state index is -0.435. The quantitative estimate of drug-likeness (QED) is 0.603. The first-order valence-electron chi connectivity index (χ1n) is 6.41. The fourth-order valence-electron chi connectivity index (χ4n) is 2.83. The highest BCUT2D eigenvalue weighted by Crippen LogP contribution is 2.32. The molecule has 1 aromatic carbocycles. The molecular weight excluding hydrogens is 244 g/mol. The van der Waals surface area contributed by atoms with E-state index in [4.69, 9.17) is 0 Å². The van der Waals surface area contributed by atoms with Crippen LogP contribution < -0.4 is 0 Å². The molecule has 0 spiro atoms. The molecule has 0 N–H and O–H groups in total. The standard InChI is InChI=1S/C14H14N2O3/c17-14-8-11-5-2-6-15(11)9-13(14)10-3-1-4-12(7-10)16(18)19/h1,3-4,7,9,11H,2,5-6,8H2. The lowest BCUT2D eigenvalue weighted by molar-refractivity contribution is -0.384. The molecule has 0 aliphatic carbocycles. The molecule has 1 unspecified atom stereocenters. The van der Waals surface area contributed by atoms with Gasteiger partial charge in [0.1, 0.15) is 0 Å². The number of hydrogen-bond donors (Lipinski definition) is 0. The number of benzene rings is 1. The Morgan fingerprint density at radius 1 is 1.37 bits per heavy atom. The van der Waals surface area contributed by atoms with Crippen molar-refractivity contribution >= 4 is 17.0 Å². The van der Waals surface area contributed by atoms with Gasteiger partial charge in [-0.2, -0.15) is 0 Å². The average molecular weight is 258 g/mol. The van der Waals surface area contributed by atoms with E-state index < -0.39 is 4.92 Å². The van der Waals surface area contributed by atoms with Gasteiger partial charge >= 0.3 is 0 Å². The Kier molecular flexibility index (Phi) is 2.81. The predicted molar refractivity (Wildman–Crippen MR) is 70.4 cm³/mol. The first-order valence-corrected chi connectivity index (χ1v) is 6.41. The van der Waals surface area contributed by atoms with Crippen molar-refractivity contribution in [3.8, 4) is 0 Å². The van der Waals surface area contributed by atoms with Crippen LogP contribution in [0.25, 0.3) is 5.57 Å². The Morgan fingerprint density at radius 3 is 3.00 bits per heavy atom. The molecule has 3 rings (SSSR count). The normalized spacial score (nSPS) is 22.1. The van der Waals surface area contributed by atoms with Gasteiger partial charge in [-0.1, -0.05) is 12.1 Å². The maximum absolute atomic E-state index is 12.2. The van der Waals surface area contributed by atoms with Crippen LogP contribution in [0.1, 0.15) is 24.8 Å². The van der Waals surface area contributed by atoms with Crippen molar-refractivity contribution < 1.29 is 9.72 Å². The zero-order chi connectivity index (χ0) is 13.4. The van der Waals surface area contributed by atoms with Crippen LogP contribution in [0.4, 0.5) is 5.69 Å². The zero-order valence-corrected chi connectivity index (χ0v) is 10.4. The van der Waals surface area contributed by atoms with Crippen LogP contribution in [0.15, 0.2) is 30.5 Å². The van der Waals surface area contributed by atoms with E-state index in [0.717, 1.165) is 19.4 Å². The van der Waals surface area contributed by atoms with Gasteiger partial charge in [-0.05, 0) is 18.4 Å².